The van der Waals surface area contributed by atoms with E-state index in [0.717, 1.165) is 5.95 Å². The topological polar surface area (TPSA) is 55.6 Å². The molecule has 0 bridgehead atoms. The van der Waals surface area contributed by atoms with Crippen LogP contribution in [0.1, 0.15) is 20.8 Å². The first-order chi connectivity index (χ1) is 7.28. The lowest BCUT2D eigenvalue weighted by Crippen LogP contribution is -2.46. The second-order valence-corrected chi connectivity index (χ2v) is 10.5. The van der Waals surface area contributed by atoms with Gasteiger partial charge in [-0.3, -0.25) is 0 Å². The Morgan fingerprint density at radius 1 is 1.44 bits per heavy atom. The number of anilines is 1. The molecule has 5 nitrogen and oxygen atoms in total. The number of hydrogen-bond acceptors (Lipinski definition) is 4. The predicted molar refractivity (Wildman–Crippen MR) is 68.8 cm³/mol. The molecule has 6 heteroatoms. The van der Waals surface area contributed by atoms with E-state index >= 15 is 0 Å². The third-order valence-electron chi connectivity index (χ3n) is 3.13. The summed E-state index contributed by atoms with van der Waals surface area (Å²) in [5, 5.41) is 11.9. The van der Waals surface area contributed by atoms with Crippen molar-refractivity contribution in [3.8, 4) is 0 Å². The molecule has 0 fully saturated rings. The Morgan fingerprint density at radius 2 is 2.06 bits per heavy atom. The zero-order valence-corrected chi connectivity index (χ0v) is 11.8. The average Bonchev–Trinajstić information content (AvgIpc) is 2.51. The predicted octanol–water partition coefficient (Wildman–Crippen LogP) is 2.28. The van der Waals surface area contributed by atoms with Crippen LogP contribution in [0.2, 0.25) is 18.1 Å². The van der Waals surface area contributed by atoms with Crippen molar-refractivity contribution < 1.29 is 0 Å². The highest BCUT2D eigenvalue weighted by Crippen LogP contribution is 2.35. The van der Waals surface area contributed by atoms with Gasteiger partial charge in [0.25, 0.3) is 0 Å². The van der Waals surface area contributed by atoms with Gasteiger partial charge in [-0.2, -0.15) is 0 Å². The monoisotopic (exact) mass is 239 g/mol. The number of hydrogen-bond donors (Lipinski definition) is 1. The van der Waals surface area contributed by atoms with Crippen LogP contribution in [-0.2, 0) is 6.54 Å². The highest BCUT2D eigenvalue weighted by molar-refractivity contribution is 6.82. The Kier molecular flexibility index (Phi) is 3.52. The number of nitrogens with one attached hydrogen (secondary N) is 1. The molecule has 1 heterocycles. The molecule has 0 amide bonds. The molecule has 0 aliphatic heterocycles. The van der Waals surface area contributed by atoms with Crippen LogP contribution < -0.4 is 4.98 Å². The van der Waals surface area contributed by atoms with Crippen molar-refractivity contribution >= 4 is 14.2 Å². The van der Waals surface area contributed by atoms with Crippen LogP contribution in [0.4, 0.5) is 5.95 Å². The van der Waals surface area contributed by atoms with E-state index in [1.165, 1.54) is 0 Å². The molecule has 90 valence electrons. The average molecular weight is 239 g/mol. The molecule has 1 aromatic rings. The van der Waals surface area contributed by atoms with Gasteiger partial charge < -0.3 is 4.98 Å². The van der Waals surface area contributed by atoms with Crippen molar-refractivity contribution in [2.24, 2.45) is 0 Å². The molecule has 0 aliphatic carbocycles. The van der Waals surface area contributed by atoms with Crippen molar-refractivity contribution in [1.82, 2.24) is 20.2 Å². The Labute approximate surface area is 98.0 Å². The largest absolute Gasteiger partial charge is 0.379 e. The van der Waals surface area contributed by atoms with Crippen molar-refractivity contribution in [2.75, 3.05) is 4.98 Å². The van der Waals surface area contributed by atoms with E-state index in [4.69, 9.17) is 0 Å². The van der Waals surface area contributed by atoms with E-state index in [0.29, 0.717) is 6.54 Å². The van der Waals surface area contributed by atoms with Gasteiger partial charge in [0.15, 0.2) is 8.24 Å². The number of nitrogens with zero attached hydrogens (tertiary/aromatic N) is 4. The minimum atomic E-state index is -1.62. The zero-order valence-electron chi connectivity index (χ0n) is 10.8. The SMILES string of the molecule is C=CCn1nnnc1N[Si](C)(C)C(C)(C)C. The van der Waals surface area contributed by atoms with Crippen LogP contribution in [0.3, 0.4) is 0 Å². The van der Waals surface area contributed by atoms with Gasteiger partial charge in [-0.05, 0) is 15.5 Å². The van der Waals surface area contributed by atoms with E-state index in [2.05, 4.69) is 61.0 Å². The summed E-state index contributed by atoms with van der Waals surface area (Å²) in [6.45, 7) is 15.6. The van der Waals surface area contributed by atoms with Gasteiger partial charge in [-0.15, -0.1) is 6.58 Å². The number of aromatic nitrogens is 4. The number of tetrazole rings is 1. The maximum atomic E-state index is 4.01. The Bertz CT molecular complexity index is 364. The Balaban J connectivity index is 2.87. The van der Waals surface area contributed by atoms with Gasteiger partial charge in [-0.25, -0.2) is 4.68 Å². The maximum Gasteiger partial charge on any atom is 0.235 e. The first kappa shape index (κ1) is 12.9. The van der Waals surface area contributed by atoms with Crippen LogP contribution in [0, 0.1) is 0 Å². The molecule has 1 aromatic heterocycles. The molecule has 0 saturated heterocycles. The second-order valence-electron chi connectivity index (χ2n) is 5.47. The molecular formula is C10H21N5Si. The molecule has 0 spiro atoms. The highest BCUT2D eigenvalue weighted by atomic mass is 28.3. The summed E-state index contributed by atoms with van der Waals surface area (Å²) in [4.78, 5) is 3.51. The molecule has 0 unspecified atom stereocenters. The summed E-state index contributed by atoms with van der Waals surface area (Å²) < 4.78 is 1.73. The van der Waals surface area contributed by atoms with Gasteiger partial charge in [0, 0.05) is 0 Å². The van der Waals surface area contributed by atoms with Crippen LogP contribution in [0.25, 0.3) is 0 Å². The molecule has 0 radical (unpaired) electrons. The summed E-state index contributed by atoms with van der Waals surface area (Å²) in [6.07, 6.45) is 1.78. The summed E-state index contributed by atoms with van der Waals surface area (Å²) in [5.74, 6) is 0.742. The molecule has 16 heavy (non-hydrogen) atoms. The molecule has 0 aromatic carbocycles. The van der Waals surface area contributed by atoms with Crippen molar-refractivity contribution in [3.63, 3.8) is 0 Å². The van der Waals surface area contributed by atoms with Gasteiger partial charge in [0.1, 0.15) is 0 Å². The summed E-state index contributed by atoms with van der Waals surface area (Å²) in [7, 11) is -1.62. The second kappa shape index (κ2) is 4.37. The number of rotatable bonds is 4. The standard InChI is InChI=1S/C10H21N5Si/c1-7-8-15-9(11-13-14-15)12-16(5,6)10(2,3)4/h7H,1,8H2,2-6H3,(H,11,12,14). The molecule has 1 rings (SSSR count). The Morgan fingerprint density at radius 3 is 2.56 bits per heavy atom. The first-order valence-corrected chi connectivity index (χ1v) is 8.43. The minimum absolute atomic E-state index is 0.248. The molecule has 0 atom stereocenters. The lowest BCUT2D eigenvalue weighted by molar-refractivity contribution is 0.664. The third-order valence-corrected chi connectivity index (χ3v) is 7.73. The maximum absolute atomic E-state index is 4.01. The van der Waals surface area contributed by atoms with Gasteiger partial charge >= 0.3 is 0 Å². The zero-order chi connectivity index (χ0) is 12.4. The van der Waals surface area contributed by atoms with Gasteiger partial charge in [0.2, 0.25) is 5.95 Å². The highest BCUT2D eigenvalue weighted by Gasteiger charge is 2.36. The fourth-order valence-electron chi connectivity index (χ4n) is 1.01. The summed E-state index contributed by atoms with van der Waals surface area (Å²) in [6, 6.07) is 0. The van der Waals surface area contributed by atoms with Crippen molar-refractivity contribution in [1.29, 1.82) is 0 Å². The van der Waals surface area contributed by atoms with Gasteiger partial charge in [-0.1, -0.05) is 45.0 Å². The molecular weight excluding hydrogens is 218 g/mol. The summed E-state index contributed by atoms with van der Waals surface area (Å²) >= 11 is 0. The minimum Gasteiger partial charge on any atom is -0.379 e. The molecule has 0 aliphatic rings. The van der Waals surface area contributed by atoms with Crippen LogP contribution in [0.15, 0.2) is 12.7 Å². The first-order valence-electron chi connectivity index (χ1n) is 5.43. The lowest BCUT2D eigenvalue weighted by atomic mass is 10.2. The van der Waals surface area contributed by atoms with Crippen molar-refractivity contribution in [3.05, 3.63) is 12.7 Å². The van der Waals surface area contributed by atoms with E-state index in [1.54, 1.807) is 10.8 Å². The normalized spacial score (nSPS) is 12.6. The summed E-state index contributed by atoms with van der Waals surface area (Å²) in [5.41, 5.74) is 0. The van der Waals surface area contributed by atoms with Gasteiger partial charge in [0.05, 0.1) is 6.54 Å². The molecule has 0 saturated carbocycles. The quantitative estimate of drug-likeness (QED) is 0.647. The fraction of sp³-hybridized carbons (Fsp3) is 0.700. The lowest BCUT2D eigenvalue weighted by Gasteiger charge is -2.36. The van der Waals surface area contributed by atoms with E-state index in [-0.39, 0.29) is 5.04 Å². The van der Waals surface area contributed by atoms with Crippen molar-refractivity contribution in [2.45, 2.75) is 45.4 Å². The smallest absolute Gasteiger partial charge is 0.235 e. The van der Waals surface area contributed by atoms with Crippen LogP contribution >= 0.6 is 0 Å². The van der Waals surface area contributed by atoms with E-state index < -0.39 is 8.24 Å². The van der Waals surface area contributed by atoms with Crippen LogP contribution in [-0.4, -0.2) is 28.4 Å². The van der Waals surface area contributed by atoms with E-state index in [9.17, 15) is 0 Å². The number of allylic oxidation sites excluding steroid dienone is 1. The molecule has 1 N–H and O–H groups in total. The Hall–Kier alpha value is -1.17. The third kappa shape index (κ3) is 2.69. The van der Waals surface area contributed by atoms with Crippen LogP contribution in [0.5, 0.6) is 0 Å². The van der Waals surface area contributed by atoms with E-state index in [1.807, 2.05) is 0 Å². The fourth-order valence-corrected chi connectivity index (χ4v) is 2.12.